The number of hydrogen-bond donors (Lipinski definition) is 1. The van der Waals surface area contributed by atoms with E-state index in [9.17, 15) is 8.42 Å². The van der Waals surface area contributed by atoms with Crippen molar-refractivity contribution >= 4 is 15.7 Å². The Morgan fingerprint density at radius 2 is 1.96 bits per heavy atom. The number of pyridine rings is 1. The maximum atomic E-state index is 11.6. The van der Waals surface area contributed by atoms with E-state index >= 15 is 0 Å². The number of sulfone groups is 1. The third-order valence-electron chi connectivity index (χ3n) is 4.44. The highest BCUT2D eigenvalue weighted by atomic mass is 32.2. The fourth-order valence-electron chi connectivity index (χ4n) is 2.79. The molecule has 0 atom stereocenters. The van der Waals surface area contributed by atoms with E-state index in [2.05, 4.69) is 20.3 Å². The van der Waals surface area contributed by atoms with Gasteiger partial charge in [-0.2, -0.15) is 0 Å². The molecule has 0 aromatic carbocycles. The molecule has 2 heterocycles. The number of nitrogens with one attached hydrogen (secondary N) is 1. The first-order valence-electron chi connectivity index (χ1n) is 7.96. The molecule has 0 radical (unpaired) electrons. The summed E-state index contributed by atoms with van der Waals surface area (Å²) in [7, 11) is -2.98. The van der Waals surface area contributed by atoms with E-state index in [1.807, 2.05) is 32.0 Å². The van der Waals surface area contributed by atoms with Crippen LogP contribution >= 0.6 is 0 Å². The number of aryl methyl sites for hydroxylation is 1. The van der Waals surface area contributed by atoms with E-state index in [1.165, 1.54) is 6.26 Å². The summed E-state index contributed by atoms with van der Waals surface area (Å²) in [5.41, 5.74) is 2.44. The van der Waals surface area contributed by atoms with Crippen molar-refractivity contribution in [2.75, 3.05) is 23.9 Å². The molecule has 0 bridgehead atoms. The predicted octanol–water partition coefficient (Wildman–Crippen LogP) is 2.39. The van der Waals surface area contributed by atoms with E-state index in [-0.39, 0.29) is 11.2 Å². The molecule has 1 saturated carbocycles. The van der Waals surface area contributed by atoms with Crippen molar-refractivity contribution in [3.05, 3.63) is 35.7 Å². The summed E-state index contributed by atoms with van der Waals surface area (Å²) in [5, 5.41) is 3.35. The minimum Gasteiger partial charge on any atom is -0.369 e. The fraction of sp³-hybridized carbons (Fsp3) is 0.471. The highest BCUT2D eigenvalue weighted by Gasteiger charge is 2.45. The quantitative estimate of drug-likeness (QED) is 0.864. The number of nitrogens with zero attached hydrogens (tertiary/aromatic N) is 3. The number of hydrogen-bond acceptors (Lipinski definition) is 6. The van der Waals surface area contributed by atoms with Gasteiger partial charge in [0.2, 0.25) is 0 Å². The first-order chi connectivity index (χ1) is 11.3. The monoisotopic (exact) mass is 346 g/mol. The molecular weight excluding hydrogens is 324 g/mol. The number of aromatic nitrogens is 3. The van der Waals surface area contributed by atoms with Crippen LogP contribution in [0.1, 0.15) is 24.1 Å². The minimum atomic E-state index is -2.98. The minimum absolute atomic E-state index is 0.149. The van der Waals surface area contributed by atoms with E-state index in [1.54, 1.807) is 6.20 Å². The number of anilines is 1. The zero-order valence-corrected chi connectivity index (χ0v) is 15.0. The maximum Gasteiger partial charge on any atom is 0.180 e. The lowest BCUT2D eigenvalue weighted by Gasteiger charge is -2.17. The summed E-state index contributed by atoms with van der Waals surface area (Å²) in [6, 6.07) is 5.63. The van der Waals surface area contributed by atoms with Gasteiger partial charge < -0.3 is 5.32 Å². The lowest BCUT2D eigenvalue weighted by molar-refractivity contribution is 0.560. The first kappa shape index (κ1) is 16.8. The normalized spacial score (nSPS) is 16.0. The molecular formula is C17H22N4O2S. The largest absolute Gasteiger partial charge is 0.369 e. The van der Waals surface area contributed by atoms with Crippen LogP contribution in [-0.4, -0.2) is 41.9 Å². The summed E-state index contributed by atoms with van der Waals surface area (Å²) in [4.78, 5) is 13.4. The second kappa shape index (κ2) is 6.12. The highest BCUT2D eigenvalue weighted by Crippen LogP contribution is 2.46. The smallest absolute Gasteiger partial charge is 0.180 e. The van der Waals surface area contributed by atoms with Crippen LogP contribution in [0, 0.1) is 19.3 Å². The summed E-state index contributed by atoms with van der Waals surface area (Å²) in [6.45, 7) is 4.52. The Labute approximate surface area is 142 Å². The SMILES string of the molecule is Cc1nc(-c2ccccn2)nc(NCC2(CS(C)(=O)=O)CC2)c1C. The van der Waals surface area contributed by atoms with Crippen molar-refractivity contribution in [3.8, 4) is 11.5 Å². The molecule has 0 amide bonds. The standard InChI is InChI=1S/C17H22N4O2S/c1-12-13(2)20-16(14-6-4-5-9-18-14)21-15(12)19-10-17(7-8-17)11-24(3,22)23/h4-6,9H,7-8,10-11H2,1-3H3,(H,19,20,21). The fourth-order valence-corrected chi connectivity index (χ4v) is 4.29. The molecule has 0 aliphatic heterocycles. The topological polar surface area (TPSA) is 84.8 Å². The van der Waals surface area contributed by atoms with Gasteiger partial charge in [0.05, 0.1) is 5.75 Å². The molecule has 0 saturated heterocycles. The Morgan fingerprint density at radius 1 is 1.21 bits per heavy atom. The average Bonchev–Trinajstić information content (AvgIpc) is 3.27. The molecule has 7 heteroatoms. The Morgan fingerprint density at radius 3 is 2.54 bits per heavy atom. The lowest BCUT2D eigenvalue weighted by Crippen LogP contribution is -2.25. The van der Waals surface area contributed by atoms with Gasteiger partial charge in [0.25, 0.3) is 0 Å². The Balaban J connectivity index is 1.82. The van der Waals surface area contributed by atoms with Crippen LogP contribution in [0.25, 0.3) is 11.5 Å². The van der Waals surface area contributed by atoms with Gasteiger partial charge in [-0.15, -0.1) is 0 Å². The number of rotatable bonds is 6. The summed E-state index contributed by atoms with van der Waals surface area (Å²) in [6.07, 6.45) is 4.88. The Bertz CT molecular complexity index is 846. The molecule has 2 aromatic heterocycles. The van der Waals surface area contributed by atoms with Crippen molar-refractivity contribution < 1.29 is 8.42 Å². The first-order valence-corrected chi connectivity index (χ1v) is 10.0. The van der Waals surface area contributed by atoms with Crippen molar-refractivity contribution in [1.29, 1.82) is 0 Å². The zero-order valence-electron chi connectivity index (χ0n) is 14.2. The van der Waals surface area contributed by atoms with Gasteiger partial charge in [0.1, 0.15) is 21.3 Å². The summed E-state index contributed by atoms with van der Waals surface area (Å²) >= 11 is 0. The average molecular weight is 346 g/mol. The van der Waals surface area contributed by atoms with E-state index < -0.39 is 9.84 Å². The molecule has 6 nitrogen and oxygen atoms in total. The van der Waals surface area contributed by atoms with Crippen molar-refractivity contribution in [2.24, 2.45) is 5.41 Å². The van der Waals surface area contributed by atoms with Crippen LogP contribution in [0.5, 0.6) is 0 Å². The molecule has 2 aromatic rings. The van der Waals surface area contributed by atoms with Crippen molar-refractivity contribution in [3.63, 3.8) is 0 Å². The third-order valence-corrected chi connectivity index (χ3v) is 5.58. The molecule has 0 spiro atoms. The van der Waals surface area contributed by atoms with Crippen molar-refractivity contribution in [1.82, 2.24) is 15.0 Å². The summed E-state index contributed by atoms with van der Waals surface area (Å²) in [5.74, 6) is 1.56. The summed E-state index contributed by atoms with van der Waals surface area (Å²) < 4.78 is 23.2. The molecule has 0 unspecified atom stereocenters. The molecule has 1 N–H and O–H groups in total. The molecule has 1 aliphatic carbocycles. The molecule has 3 rings (SSSR count). The van der Waals surface area contributed by atoms with Gasteiger partial charge in [0, 0.05) is 35.7 Å². The Hall–Kier alpha value is -2.02. The van der Waals surface area contributed by atoms with E-state index in [0.29, 0.717) is 12.4 Å². The zero-order chi connectivity index (χ0) is 17.4. The van der Waals surface area contributed by atoms with Gasteiger partial charge in [-0.25, -0.2) is 18.4 Å². The predicted molar refractivity (Wildman–Crippen MR) is 94.6 cm³/mol. The molecule has 1 aliphatic rings. The third kappa shape index (κ3) is 3.90. The maximum absolute atomic E-state index is 11.6. The van der Waals surface area contributed by atoms with Gasteiger partial charge in [0.15, 0.2) is 5.82 Å². The van der Waals surface area contributed by atoms with Crippen molar-refractivity contribution in [2.45, 2.75) is 26.7 Å². The molecule has 1 fully saturated rings. The van der Waals surface area contributed by atoms with E-state index in [0.717, 1.165) is 35.6 Å². The molecule has 24 heavy (non-hydrogen) atoms. The lowest BCUT2D eigenvalue weighted by atomic mass is 10.1. The van der Waals surface area contributed by atoms with Gasteiger partial charge in [-0.05, 0) is 38.8 Å². The van der Waals surface area contributed by atoms with Gasteiger partial charge in [-0.3, -0.25) is 4.98 Å². The van der Waals surface area contributed by atoms with Crippen LogP contribution in [0.4, 0.5) is 5.82 Å². The van der Waals surface area contributed by atoms with Crippen LogP contribution in [0.3, 0.4) is 0 Å². The second-order valence-electron chi connectivity index (χ2n) is 6.74. The van der Waals surface area contributed by atoms with Crippen LogP contribution in [0.15, 0.2) is 24.4 Å². The second-order valence-corrected chi connectivity index (χ2v) is 8.89. The van der Waals surface area contributed by atoms with Crippen LogP contribution in [0.2, 0.25) is 0 Å². The van der Waals surface area contributed by atoms with Gasteiger partial charge in [-0.1, -0.05) is 6.07 Å². The molecule has 128 valence electrons. The van der Waals surface area contributed by atoms with Crippen LogP contribution in [-0.2, 0) is 9.84 Å². The van der Waals surface area contributed by atoms with Crippen LogP contribution < -0.4 is 5.32 Å². The van der Waals surface area contributed by atoms with Gasteiger partial charge >= 0.3 is 0 Å². The highest BCUT2D eigenvalue weighted by molar-refractivity contribution is 7.90. The Kier molecular flexibility index (Phi) is 4.29. The van der Waals surface area contributed by atoms with E-state index in [4.69, 9.17) is 0 Å².